The van der Waals surface area contributed by atoms with Gasteiger partial charge in [0.15, 0.2) is 11.5 Å². The Kier molecular flexibility index (Phi) is 5.70. The molecule has 2 aromatic carbocycles. The van der Waals surface area contributed by atoms with Gasteiger partial charge >= 0.3 is 6.03 Å². The quantitative estimate of drug-likeness (QED) is 0.738. The molecule has 3 amide bonds. The molecule has 3 N–H and O–H groups in total. The fraction of sp³-hybridized carbons (Fsp3) is 0.263. The van der Waals surface area contributed by atoms with Crippen molar-refractivity contribution in [3.05, 3.63) is 59.7 Å². The van der Waals surface area contributed by atoms with Crippen LogP contribution in [0.15, 0.2) is 48.5 Å². The first-order valence-electron chi connectivity index (χ1n) is 8.43. The molecule has 0 unspecified atom stereocenters. The lowest BCUT2D eigenvalue weighted by Gasteiger charge is -2.18. The van der Waals surface area contributed by atoms with Crippen LogP contribution in [-0.4, -0.2) is 25.3 Å². The first-order chi connectivity index (χ1) is 12.7. The van der Waals surface area contributed by atoms with Crippen LogP contribution >= 0.6 is 0 Å². The van der Waals surface area contributed by atoms with E-state index in [9.17, 15) is 9.59 Å². The van der Waals surface area contributed by atoms with Gasteiger partial charge in [0, 0.05) is 13.1 Å². The van der Waals surface area contributed by atoms with Gasteiger partial charge in [-0.15, -0.1) is 0 Å². The number of fused-ring (bicyclic) bond motifs is 1. The number of urea groups is 1. The Morgan fingerprint density at radius 2 is 1.85 bits per heavy atom. The van der Waals surface area contributed by atoms with Crippen molar-refractivity contribution in [3.8, 4) is 11.5 Å². The fourth-order valence-electron chi connectivity index (χ4n) is 2.67. The molecule has 1 atom stereocenters. The van der Waals surface area contributed by atoms with Gasteiger partial charge in [0.1, 0.15) is 6.04 Å². The third-order valence-corrected chi connectivity index (χ3v) is 3.92. The third-order valence-electron chi connectivity index (χ3n) is 3.92. The minimum absolute atomic E-state index is 0.216. The second-order valence-electron chi connectivity index (χ2n) is 5.76. The van der Waals surface area contributed by atoms with Crippen LogP contribution in [-0.2, 0) is 11.3 Å². The zero-order valence-electron chi connectivity index (χ0n) is 14.5. The lowest BCUT2D eigenvalue weighted by Crippen LogP contribution is -2.44. The summed E-state index contributed by atoms with van der Waals surface area (Å²) in [7, 11) is 0. The number of carbonyl (C=O) groups excluding carboxylic acids is 2. The van der Waals surface area contributed by atoms with Crippen molar-refractivity contribution < 1.29 is 19.1 Å². The van der Waals surface area contributed by atoms with E-state index >= 15 is 0 Å². The standard InChI is InChI=1S/C19H21N3O4/c1-2-20-19(24)22-18(23)17(14-6-4-3-5-7-14)21-11-13-8-9-15-16(10-13)26-12-25-15/h3-10,17,21H,2,11-12H2,1H3,(H2,20,22,23,24)/t17-/m0/s1. The predicted molar refractivity (Wildman–Crippen MR) is 95.8 cm³/mol. The van der Waals surface area contributed by atoms with Gasteiger partial charge in [0.25, 0.3) is 0 Å². The molecule has 7 heteroatoms. The highest BCUT2D eigenvalue weighted by Gasteiger charge is 2.22. The van der Waals surface area contributed by atoms with Crippen molar-refractivity contribution in [2.24, 2.45) is 0 Å². The number of hydrogen-bond donors (Lipinski definition) is 3. The topological polar surface area (TPSA) is 88.7 Å². The predicted octanol–water partition coefficient (Wildman–Crippen LogP) is 2.09. The van der Waals surface area contributed by atoms with Gasteiger partial charge in [-0.1, -0.05) is 36.4 Å². The van der Waals surface area contributed by atoms with Crippen molar-refractivity contribution in [2.75, 3.05) is 13.3 Å². The van der Waals surface area contributed by atoms with E-state index in [0.29, 0.717) is 24.6 Å². The summed E-state index contributed by atoms with van der Waals surface area (Å²) in [6.07, 6.45) is 0. The van der Waals surface area contributed by atoms with Gasteiger partial charge in [-0.05, 0) is 30.2 Å². The van der Waals surface area contributed by atoms with Crippen molar-refractivity contribution in [1.29, 1.82) is 0 Å². The van der Waals surface area contributed by atoms with E-state index in [0.717, 1.165) is 11.1 Å². The van der Waals surface area contributed by atoms with Crippen LogP contribution in [0.3, 0.4) is 0 Å². The molecule has 3 rings (SSSR count). The molecule has 26 heavy (non-hydrogen) atoms. The lowest BCUT2D eigenvalue weighted by atomic mass is 10.1. The molecule has 1 heterocycles. The van der Waals surface area contributed by atoms with Gasteiger partial charge in [-0.25, -0.2) is 4.79 Å². The van der Waals surface area contributed by atoms with E-state index < -0.39 is 18.0 Å². The molecule has 0 saturated heterocycles. The fourth-order valence-corrected chi connectivity index (χ4v) is 2.67. The molecule has 0 radical (unpaired) electrons. The molecule has 1 aliphatic heterocycles. The summed E-state index contributed by atoms with van der Waals surface area (Å²) in [6, 6.07) is 13.7. The Bertz CT molecular complexity index is 780. The second kappa shape index (κ2) is 8.35. The molecular formula is C19H21N3O4. The van der Waals surface area contributed by atoms with Gasteiger partial charge < -0.3 is 14.8 Å². The summed E-state index contributed by atoms with van der Waals surface area (Å²) in [5.74, 6) is 0.984. The molecular weight excluding hydrogens is 334 g/mol. The van der Waals surface area contributed by atoms with Gasteiger partial charge in [-0.2, -0.15) is 0 Å². The molecule has 0 bridgehead atoms. The lowest BCUT2D eigenvalue weighted by molar-refractivity contribution is -0.122. The zero-order chi connectivity index (χ0) is 18.4. The van der Waals surface area contributed by atoms with Crippen molar-refractivity contribution >= 4 is 11.9 Å². The zero-order valence-corrected chi connectivity index (χ0v) is 14.5. The minimum Gasteiger partial charge on any atom is -0.454 e. The highest BCUT2D eigenvalue weighted by atomic mass is 16.7. The van der Waals surface area contributed by atoms with Crippen LogP contribution in [0.2, 0.25) is 0 Å². The molecule has 7 nitrogen and oxygen atoms in total. The molecule has 0 spiro atoms. The first kappa shape index (κ1) is 17.8. The van der Waals surface area contributed by atoms with Crippen molar-refractivity contribution in [2.45, 2.75) is 19.5 Å². The molecule has 1 aliphatic rings. The Morgan fingerprint density at radius 3 is 2.62 bits per heavy atom. The number of ether oxygens (including phenoxy) is 2. The summed E-state index contributed by atoms with van der Waals surface area (Å²) < 4.78 is 10.7. The van der Waals surface area contributed by atoms with Crippen LogP contribution < -0.4 is 25.4 Å². The number of amides is 3. The van der Waals surface area contributed by atoms with E-state index in [-0.39, 0.29) is 6.79 Å². The monoisotopic (exact) mass is 355 g/mol. The molecule has 0 aromatic heterocycles. The molecule has 0 fully saturated rings. The Balaban J connectivity index is 1.71. The van der Waals surface area contributed by atoms with Gasteiger partial charge in [0.05, 0.1) is 0 Å². The van der Waals surface area contributed by atoms with E-state index in [1.165, 1.54) is 0 Å². The minimum atomic E-state index is -0.663. The number of rotatable bonds is 6. The Morgan fingerprint density at radius 1 is 1.08 bits per heavy atom. The highest BCUT2D eigenvalue weighted by molar-refractivity contribution is 5.97. The maximum absolute atomic E-state index is 12.6. The van der Waals surface area contributed by atoms with Crippen LogP contribution in [0.4, 0.5) is 4.79 Å². The maximum Gasteiger partial charge on any atom is 0.321 e. The number of imide groups is 1. The highest BCUT2D eigenvalue weighted by Crippen LogP contribution is 2.32. The summed E-state index contributed by atoms with van der Waals surface area (Å²) in [6.45, 7) is 2.88. The Hall–Kier alpha value is -3.06. The van der Waals surface area contributed by atoms with Crippen LogP contribution in [0.25, 0.3) is 0 Å². The molecule has 0 saturated carbocycles. The van der Waals surface area contributed by atoms with Crippen LogP contribution in [0.1, 0.15) is 24.1 Å². The van der Waals surface area contributed by atoms with Crippen molar-refractivity contribution in [3.63, 3.8) is 0 Å². The van der Waals surface area contributed by atoms with Crippen LogP contribution in [0, 0.1) is 0 Å². The summed E-state index contributed by atoms with van der Waals surface area (Å²) in [5, 5.41) is 8.12. The summed E-state index contributed by atoms with van der Waals surface area (Å²) in [5.41, 5.74) is 1.72. The van der Waals surface area contributed by atoms with E-state index in [4.69, 9.17) is 9.47 Å². The second-order valence-corrected chi connectivity index (χ2v) is 5.76. The smallest absolute Gasteiger partial charge is 0.321 e. The van der Waals surface area contributed by atoms with E-state index in [1.54, 1.807) is 6.92 Å². The number of nitrogens with one attached hydrogen (secondary N) is 3. The number of carbonyl (C=O) groups is 2. The number of hydrogen-bond acceptors (Lipinski definition) is 5. The largest absolute Gasteiger partial charge is 0.454 e. The molecule has 0 aliphatic carbocycles. The summed E-state index contributed by atoms with van der Waals surface area (Å²) in [4.78, 5) is 24.2. The van der Waals surface area contributed by atoms with E-state index in [1.807, 2.05) is 48.5 Å². The average molecular weight is 355 g/mol. The SMILES string of the molecule is CCNC(=O)NC(=O)[C@@H](NCc1ccc2c(c1)OCO2)c1ccccc1. The summed E-state index contributed by atoms with van der Waals surface area (Å²) >= 11 is 0. The maximum atomic E-state index is 12.6. The van der Waals surface area contributed by atoms with Gasteiger partial charge in [-0.3, -0.25) is 15.4 Å². The van der Waals surface area contributed by atoms with Crippen molar-refractivity contribution in [1.82, 2.24) is 16.0 Å². The molecule has 2 aromatic rings. The average Bonchev–Trinajstić information content (AvgIpc) is 3.10. The van der Waals surface area contributed by atoms with Gasteiger partial charge in [0.2, 0.25) is 12.7 Å². The normalized spacial score (nSPS) is 13.1. The first-order valence-corrected chi connectivity index (χ1v) is 8.43. The van der Waals surface area contributed by atoms with E-state index in [2.05, 4.69) is 16.0 Å². The number of benzene rings is 2. The van der Waals surface area contributed by atoms with Crippen LogP contribution in [0.5, 0.6) is 11.5 Å². The Labute approximate surface area is 151 Å². The third kappa shape index (κ3) is 4.31. The molecule has 136 valence electrons.